The number of carbonyl (C=O) groups is 4. The number of ether oxygens (including phenoxy) is 1. The summed E-state index contributed by atoms with van der Waals surface area (Å²) >= 11 is 1.21. The van der Waals surface area contributed by atoms with Crippen LogP contribution in [-0.4, -0.2) is 50.6 Å². The van der Waals surface area contributed by atoms with Gasteiger partial charge in [-0.2, -0.15) is 0 Å². The van der Waals surface area contributed by atoms with E-state index in [1.54, 1.807) is 33.9 Å². The number of aromatic nitrogens is 1. The molecular weight excluding hydrogens is 460 g/mol. The molecule has 0 bridgehead atoms. The van der Waals surface area contributed by atoms with Crippen LogP contribution in [0.25, 0.3) is 0 Å². The van der Waals surface area contributed by atoms with Crippen molar-refractivity contribution in [1.82, 2.24) is 15.2 Å². The number of carboxylic acids is 1. The van der Waals surface area contributed by atoms with Crippen LogP contribution in [0.2, 0.25) is 0 Å². The first-order valence-corrected chi connectivity index (χ1v) is 11.6. The molecule has 4 amide bonds. The molecule has 1 aliphatic rings. The first-order valence-electron chi connectivity index (χ1n) is 10.8. The minimum Gasteiger partial charge on any atom is -0.480 e. The number of likely N-dealkylation sites (tertiary alicyclic amines) is 1. The summed E-state index contributed by atoms with van der Waals surface area (Å²) < 4.78 is 5.18. The van der Waals surface area contributed by atoms with Gasteiger partial charge in [-0.1, -0.05) is 30.3 Å². The molecule has 1 saturated heterocycles. The Bertz CT molecular complexity index is 1060. The minimum absolute atomic E-state index is 0.238. The first kappa shape index (κ1) is 25.2. The summed E-state index contributed by atoms with van der Waals surface area (Å²) in [4.78, 5) is 54.6. The number of aryl methyl sites for hydroxylation is 1. The van der Waals surface area contributed by atoms with E-state index in [2.05, 4.69) is 15.6 Å². The Balaban J connectivity index is 1.56. The predicted octanol–water partition coefficient (Wildman–Crippen LogP) is 3.81. The molecule has 0 unspecified atom stereocenters. The molecule has 2 heterocycles. The molecule has 3 atom stereocenters. The molecule has 10 nitrogen and oxygen atoms in total. The average Bonchev–Trinajstić information content (AvgIpc) is 3.17. The number of imide groups is 1. The highest BCUT2D eigenvalue weighted by atomic mass is 32.1. The number of carbonyl (C=O) groups excluding carboxylic acids is 3. The molecule has 0 radical (unpaired) electrons. The van der Waals surface area contributed by atoms with Crippen molar-refractivity contribution in [1.29, 1.82) is 0 Å². The van der Waals surface area contributed by atoms with Crippen LogP contribution >= 0.6 is 11.3 Å². The van der Waals surface area contributed by atoms with Crippen LogP contribution in [0.1, 0.15) is 50.6 Å². The highest BCUT2D eigenvalue weighted by Gasteiger charge is 2.54. The van der Waals surface area contributed by atoms with Crippen LogP contribution in [0.4, 0.5) is 14.7 Å². The van der Waals surface area contributed by atoms with E-state index in [1.165, 1.54) is 11.3 Å². The van der Waals surface area contributed by atoms with E-state index in [4.69, 9.17) is 4.74 Å². The number of hydrogen-bond acceptors (Lipinski definition) is 7. The van der Waals surface area contributed by atoms with Gasteiger partial charge in [0.15, 0.2) is 11.2 Å². The molecule has 3 N–H and O–H groups in total. The van der Waals surface area contributed by atoms with Crippen LogP contribution in [-0.2, 0) is 20.7 Å². The van der Waals surface area contributed by atoms with Gasteiger partial charge in [0.25, 0.3) is 0 Å². The number of urea groups is 1. The second-order valence-electron chi connectivity index (χ2n) is 8.98. The fraction of sp³-hybridized carbons (Fsp3) is 0.435. The predicted molar refractivity (Wildman–Crippen MR) is 125 cm³/mol. The van der Waals surface area contributed by atoms with Crippen molar-refractivity contribution in [2.24, 2.45) is 5.92 Å². The van der Waals surface area contributed by atoms with Gasteiger partial charge in [0, 0.05) is 11.1 Å². The van der Waals surface area contributed by atoms with Crippen LogP contribution < -0.4 is 10.6 Å². The maximum absolute atomic E-state index is 12.7. The van der Waals surface area contributed by atoms with Gasteiger partial charge in [0.2, 0.25) is 5.91 Å². The average molecular weight is 489 g/mol. The number of carboxylic acid groups (broad SMARTS) is 1. The van der Waals surface area contributed by atoms with Gasteiger partial charge in [-0.15, -0.1) is 11.3 Å². The molecule has 1 aromatic heterocycles. The third kappa shape index (κ3) is 6.10. The summed E-state index contributed by atoms with van der Waals surface area (Å²) in [6, 6.07) is 6.83. The number of benzene rings is 1. The number of hydrogen-bond donors (Lipinski definition) is 3. The molecule has 2 aromatic rings. The van der Waals surface area contributed by atoms with E-state index in [0.29, 0.717) is 11.6 Å². The minimum atomic E-state index is -1.23. The van der Waals surface area contributed by atoms with Crippen LogP contribution in [0.15, 0.2) is 36.5 Å². The van der Waals surface area contributed by atoms with Crippen molar-refractivity contribution in [3.63, 3.8) is 0 Å². The van der Waals surface area contributed by atoms with E-state index in [9.17, 15) is 24.3 Å². The molecule has 3 rings (SSSR count). The maximum atomic E-state index is 12.7. The summed E-state index contributed by atoms with van der Waals surface area (Å²) in [5.74, 6) is -2.58. The molecule has 0 saturated carbocycles. The first-order chi connectivity index (χ1) is 16.0. The zero-order chi connectivity index (χ0) is 25.0. The lowest BCUT2D eigenvalue weighted by Gasteiger charge is -2.43. The summed E-state index contributed by atoms with van der Waals surface area (Å²) in [5.41, 5.74) is 0.200. The Morgan fingerprint density at radius 1 is 1.24 bits per heavy atom. The maximum Gasteiger partial charge on any atom is 0.413 e. The molecule has 0 spiro atoms. The third-order valence-corrected chi connectivity index (χ3v) is 6.16. The van der Waals surface area contributed by atoms with Gasteiger partial charge in [-0.05, 0) is 46.1 Å². The summed E-state index contributed by atoms with van der Waals surface area (Å²) in [6.07, 6.45) is 1.55. The Hall–Kier alpha value is -3.47. The van der Waals surface area contributed by atoms with Gasteiger partial charge < -0.3 is 15.2 Å². The number of thiazole rings is 1. The normalized spacial score (nSPS) is 18.6. The van der Waals surface area contributed by atoms with Gasteiger partial charge >= 0.3 is 18.1 Å². The molecule has 0 aliphatic carbocycles. The summed E-state index contributed by atoms with van der Waals surface area (Å²) in [6.45, 7) is 7.01. The standard InChI is InChI=1S/C23H28N4O6S/c1-13(14-8-6-5-7-9-14)25-21(31)27-17(19(29)30)16(18(27)28)11-10-15-12-24-20(34-15)26-22(32)33-23(2,3)4/h5-9,12-13,16-17H,10-11H2,1-4H3,(H,25,31)(H,29,30)(H,24,26,32)/t13-,16-,17+/m1/s1. The second kappa shape index (κ2) is 10.2. The quantitative estimate of drug-likeness (QED) is 0.504. The molecule has 1 fully saturated rings. The van der Waals surface area contributed by atoms with Crippen molar-refractivity contribution >= 4 is 40.5 Å². The van der Waals surface area contributed by atoms with Crippen LogP contribution in [0, 0.1) is 5.92 Å². The van der Waals surface area contributed by atoms with Gasteiger partial charge in [0.1, 0.15) is 5.60 Å². The van der Waals surface area contributed by atoms with Crippen molar-refractivity contribution in [3.8, 4) is 0 Å². The Morgan fingerprint density at radius 3 is 2.53 bits per heavy atom. The van der Waals surface area contributed by atoms with E-state index >= 15 is 0 Å². The van der Waals surface area contributed by atoms with Crippen molar-refractivity contribution < 1.29 is 29.0 Å². The zero-order valence-corrected chi connectivity index (χ0v) is 20.2. The Labute approximate surface area is 201 Å². The SMILES string of the molecule is C[C@@H](NC(=O)N1C(=O)[C@H](CCc2cnc(NC(=O)OC(C)(C)C)s2)[C@H]1C(=O)O)c1ccccc1. The molecule has 1 aliphatic heterocycles. The van der Waals surface area contributed by atoms with E-state index in [1.807, 2.05) is 30.3 Å². The molecule has 11 heteroatoms. The molecule has 34 heavy (non-hydrogen) atoms. The fourth-order valence-corrected chi connectivity index (χ4v) is 4.40. The topological polar surface area (TPSA) is 138 Å². The van der Waals surface area contributed by atoms with Gasteiger partial charge in [-0.3, -0.25) is 10.1 Å². The monoisotopic (exact) mass is 488 g/mol. The highest BCUT2D eigenvalue weighted by Crippen LogP contribution is 2.33. The summed E-state index contributed by atoms with van der Waals surface area (Å²) in [5, 5.41) is 15.2. The highest BCUT2D eigenvalue weighted by molar-refractivity contribution is 7.15. The summed E-state index contributed by atoms with van der Waals surface area (Å²) in [7, 11) is 0. The number of aliphatic carboxylic acids is 1. The lowest BCUT2D eigenvalue weighted by Crippen LogP contribution is -2.68. The van der Waals surface area contributed by atoms with Crippen molar-refractivity contribution in [2.75, 3.05) is 5.32 Å². The largest absolute Gasteiger partial charge is 0.480 e. The number of anilines is 1. The van der Waals surface area contributed by atoms with E-state index in [-0.39, 0.29) is 12.5 Å². The van der Waals surface area contributed by atoms with Crippen molar-refractivity contribution in [3.05, 3.63) is 47.0 Å². The number of nitrogens with zero attached hydrogens (tertiary/aromatic N) is 2. The van der Waals surface area contributed by atoms with Crippen LogP contribution in [0.5, 0.6) is 0 Å². The van der Waals surface area contributed by atoms with E-state index in [0.717, 1.165) is 15.3 Å². The number of nitrogens with one attached hydrogen (secondary N) is 2. The van der Waals surface area contributed by atoms with Gasteiger partial charge in [-0.25, -0.2) is 24.3 Å². The number of rotatable bonds is 7. The Kier molecular flexibility index (Phi) is 7.55. The fourth-order valence-electron chi connectivity index (χ4n) is 3.59. The van der Waals surface area contributed by atoms with Gasteiger partial charge in [0.05, 0.1) is 12.0 Å². The Morgan fingerprint density at radius 2 is 1.91 bits per heavy atom. The zero-order valence-electron chi connectivity index (χ0n) is 19.4. The number of β-lactam (4-membered cyclic amide) rings is 1. The lowest BCUT2D eigenvalue weighted by atomic mass is 9.83. The lowest BCUT2D eigenvalue weighted by molar-refractivity contribution is -0.166. The molecular formula is C23H28N4O6S. The van der Waals surface area contributed by atoms with Crippen molar-refractivity contribution in [2.45, 2.75) is 58.2 Å². The van der Waals surface area contributed by atoms with E-state index < -0.39 is 41.6 Å². The molecule has 182 valence electrons. The van der Waals surface area contributed by atoms with Crippen LogP contribution in [0.3, 0.4) is 0 Å². The third-order valence-electron chi connectivity index (χ3n) is 5.19. The molecule has 1 aromatic carbocycles. The smallest absolute Gasteiger partial charge is 0.413 e. The number of amides is 4. The second-order valence-corrected chi connectivity index (χ2v) is 10.1.